The number of nitrogens with two attached hydrogens (primary N) is 1. The number of methoxy groups -OCH3 is 2. The molecule has 0 radical (unpaired) electrons. The van der Waals surface area contributed by atoms with Crippen LogP contribution in [0.4, 0.5) is 5.69 Å². The Morgan fingerprint density at radius 1 is 1.29 bits per heavy atom. The van der Waals surface area contributed by atoms with Crippen LogP contribution in [0.2, 0.25) is 0 Å². The quantitative estimate of drug-likeness (QED) is 0.883. The fourth-order valence-corrected chi connectivity index (χ4v) is 3.39. The molecule has 0 amide bonds. The maximum absolute atomic E-state index is 11.6. The van der Waals surface area contributed by atoms with E-state index in [9.17, 15) is 8.42 Å². The molecule has 0 spiro atoms. The third-order valence-electron chi connectivity index (χ3n) is 3.84. The number of anilines is 1. The molecule has 0 unspecified atom stereocenters. The van der Waals surface area contributed by atoms with E-state index in [2.05, 4.69) is 4.90 Å². The van der Waals surface area contributed by atoms with Gasteiger partial charge in [0.25, 0.3) is 0 Å². The Bertz CT molecular complexity index is 581. The molecule has 6 nitrogen and oxygen atoms in total. The highest BCUT2D eigenvalue weighted by Crippen LogP contribution is 2.30. The van der Waals surface area contributed by atoms with Gasteiger partial charge in [0.15, 0.2) is 0 Å². The smallest absolute Gasteiger partial charge is 0.241 e. The van der Waals surface area contributed by atoms with E-state index in [4.69, 9.17) is 14.6 Å². The molecule has 0 bridgehead atoms. The molecular weight excluding hydrogens is 292 g/mol. The van der Waals surface area contributed by atoms with E-state index in [-0.39, 0.29) is 10.6 Å². The maximum Gasteiger partial charge on any atom is 0.241 e. The molecule has 2 N–H and O–H groups in total. The molecule has 118 valence electrons. The van der Waals surface area contributed by atoms with Crippen molar-refractivity contribution in [3.63, 3.8) is 0 Å². The minimum absolute atomic E-state index is 0.0292. The Labute approximate surface area is 125 Å². The summed E-state index contributed by atoms with van der Waals surface area (Å²) in [6, 6.07) is 5.10. The van der Waals surface area contributed by atoms with E-state index < -0.39 is 10.0 Å². The van der Waals surface area contributed by atoms with Gasteiger partial charge in [-0.2, -0.15) is 0 Å². The second-order valence-corrected chi connectivity index (χ2v) is 6.80. The van der Waals surface area contributed by atoms with Crippen molar-refractivity contribution in [3.05, 3.63) is 18.2 Å². The molecule has 2 rings (SSSR count). The van der Waals surface area contributed by atoms with E-state index in [1.165, 1.54) is 7.11 Å². The summed E-state index contributed by atoms with van der Waals surface area (Å²) in [5, 5.41) is 5.25. The highest BCUT2D eigenvalue weighted by atomic mass is 32.2. The molecule has 1 aliphatic heterocycles. The van der Waals surface area contributed by atoms with E-state index in [0.717, 1.165) is 38.2 Å². The van der Waals surface area contributed by atoms with Crippen molar-refractivity contribution >= 4 is 15.7 Å². The van der Waals surface area contributed by atoms with Gasteiger partial charge in [0, 0.05) is 32.5 Å². The molecule has 0 aliphatic carbocycles. The van der Waals surface area contributed by atoms with Crippen LogP contribution in [0.5, 0.6) is 5.75 Å². The van der Waals surface area contributed by atoms with Crippen LogP contribution in [0.15, 0.2) is 23.1 Å². The standard InChI is InChI=1S/C14H22N2O4S/c1-19-10-11-5-7-16(8-6-11)12-3-4-13(20-2)14(9-12)21(15,17)18/h3-4,9,11H,5-8,10H2,1-2H3,(H2,15,17,18). The minimum atomic E-state index is -3.80. The van der Waals surface area contributed by atoms with Gasteiger partial charge >= 0.3 is 0 Å². The van der Waals surface area contributed by atoms with Gasteiger partial charge < -0.3 is 14.4 Å². The van der Waals surface area contributed by atoms with E-state index in [1.807, 2.05) is 6.07 Å². The highest BCUT2D eigenvalue weighted by molar-refractivity contribution is 7.89. The molecule has 0 aromatic heterocycles. The van der Waals surface area contributed by atoms with Crippen molar-refractivity contribution in [3.8, 4) is 5.75 Å². The van der Waals surface area contributed by atoms with Crippen molar-refractivity contribution in [2.24, 2.45) is 11.1 Å². The van der Waals surface area contributed by atoms with Crippen LogP contribution < -0.4 is 14.8 Å². The molecule has 1 heterocycles. The first-order valence-corrected chi connectivity index (χ1v) is 8.45. The van der Waals surface area contributed by atoms with Crippen molar-refractivity contribution in [1.29, 1.82) is 0 Å². The fraction of sp³-hybridized carbons (Fsp3) is 0.571. The van der Waals surface area contributed by atoms with Gasteiger partial charge in [-0.05, 0) is 37.0 Å². The predicted octanol–water partition coefficient (Wildman–Crippen LogP) is 1.21. The predicted molar refractivity (Wildman–Crippen MR) is 81.2 cm³/mol. The monoisotopic (exact) mass is 314 g/mol. The third kappa shape index (κ3) is 3.87. The normalized spacial score (nSPS) is 17.0. The van der Waals surface area contributed by atoms with Crippen LogP contribution in [-0.2, 0) is 14.8 Å². The fourth-order valence-electron chi connectivity index (χ4n) is 2.68. The van der Waals surface area contributed by atoms with Gasteiger partial charge in [-0.3, -0.25) is 0 Å². The first kappa shape index (κ1) is 16.1. The highest BCUT2D eigenvalue weighted by Gasteiger charge is 2.22. The van der Waals surface area contributed by atoms with Crippen LogP contribution in [-0.4, -0.2) is 42.3 Å². The molecule has 1 fully saturated rings. The summed E-state index contributed by atoms with van der Waals surface area (Å²) in [7, 11) is -0.651. The van der Waals surface area contributed by atoms with E-state index >= 15 is 0 Å². The minimum Gasteiger partial charge on any atom is -0.495 e. The molecule has 0 atom stereocenters. The first-order valence-electron chi connectivity index (χ1n) is 6.90. The SMILES string of the molecule is COCC1CCN(c2ccc(OC)c(S(N)(=O)=O)c2)CC1. The van der Waals surface area contributed by atoms with Crippen LogP contribution in [0.25, 0.3) is 0 Å². The summed E-state index contributed by atoms with van der Waals surface area (Å²) in [5.41, 5.74) is 0.857. The Hall–Kier alpha value is -1.31. The molecule has 7 heteroatoms. The Balaban J connectivity index is 2.19. The number of piperidine rings is 1. The Kier molecular flexibility index (Phi) is 5.08. The summed E-state index contributed by atoms with van der Waals surface area (Å²) in [6.45, 7) is 2.54. The second kappa shape index (κ2) is 6.64. The molecule has 1 saturated heterocycles. The number of sulfonamides is 1. The lowest BCUT2D eigenvalue weighted by Gasteiger charge is -2.33. The lowest BCUT2D eigenvalue weighted by molar-refractivity contribution is 0.139. The zero-order chi connectivity index (χ0) is 15.5. The van der Waals surface area contributed by atoms with Crippen LogP contribution in [0, 0.1) is 5.92 Å². The summed E-state index contributed by atoms with van der Waals surface area (Å²) in [5.74, 6) is 0.845. The van der Waals surface area contributed by atoms with Crippen molar-refractivity contribution in [1.82, 2.24) is 0 Å². The number of primary sulfonamides is 1. The number of rotatable bonds is 5. The molecular formula is C14H22N2O4S. The average molecular weight is 314 g/mol. The summed E-state index contributed by atoms with van der Waals surface area (Å²) in [6.07, 6.45) is 2.06. The van der Waals surface area contributed by atoms with Crippen molar-refractivity contribution < 1.29 is 17.9 Å². The van der Waals surface area contributed by atoms with Crippen LogP contribution in [0.1, 0.15) is 12.8 Å². The second-order valence-electron chi connectivity index (χ2n) is 5.27. The van der Waals surface area contributed by atoms with Crippen molar-refractivity contribution in [2.75, 3.05) is 38.8 Å². The lowest BCUT2D eigenvalue weighted by Crippen LogP contribution is -2.35. The number of ether oxygens (including phenoxy) is 2. The molecule has 1 aliphatic rings. The van der Waals surface area contributed by atoms with Crippen LogP contribution in [0.3, 0.4) is 0 Å². The number of nitrogens with zero attached hydrogens (tertiary/aromatic N) is 1. The molecule has 1 aromatic carbocycles. The van der Waals surface area contributed by atoms with E-state index in [1.54, 1.807) is 19.2 Å². The summed E-state index contributed by atoms with van der Waals surface area (Å²) < 4.78 is 33.5. The number of benzene rings is 1. The number of hydrogen-bond donors (Lipinski definition) is 1. The topological polar surface area (TPSA) is 81.9 Å². The first-order chi connectivity index (χ1) is 9.95. The zero-order valence-corrected chi connectivity index (χ0v) is 13.2. The summed E-state index contributed by atoms with van der Waals surface area (Å²) in [4.78, 5) is 2.20. The third-order valence-corrected chi connectivity index (χ3v) is 4.77. The molecule has 0 saturated carbocycles. The van der Waals surface area contributed by atoms with Gasteiger partial charge in [-0.25, -0.2) is 13.6 Å². The van der Waals surface area contributed by atoms with Gasteiger partial charge in [0.05, 0.1) is 7.11 Å². The molecule has 1 aromatic rings. The van der Waals surface area contributed by atoms with Gasteiger partial charge in [0.1, 0.15) is 10.6 Å². The largest absolute Gasteiger partial charge is 0.495 e. The Morgan fingerprint density at radius 2 is 1.95 bits per heavy atom. The van der Waals surface area contributed by atoms with Crippen molar-refractivity contribution in [2.45, 2.75) is 17.7 Å². The Morgan fingerprint density at radius 3 is 2.48 bits per heavy atom. The lowest BCUT2D eigenvalue weighted by atomic mass is 9.97. The zero-order valence-electron chi connectivity index (χ0n) is 12.4. The van der Waals surface area contributed by atoms with Gasteiger partial charge in [-0.15, -0.1) is 0 Å². The number of hydrogen-bond acceptors (Lipinski definition) is 5. The van der Waals surface area contributed by atoms with Gasteiger partial charge in [-0.1, -0.05) is 0 Å². The molecule has 21 heavy (non-hydrogen) atoms. The maximum atomic E-state index is 11.6. The summed E-state index contributed by atoms with van der Waals surface area (Å²) >= 11 is 0. The van der Waals surface area contributed by atoms with Crippen LogP contribution >= 0.6 is 0 Å². The average Bonchev–Trinajstić information content (AvgIpc) is 2.47. The van der Waals surface area contributed by atoms with Gasteiger partial charge in [0.2, 0.25) is 10.0 Å². The van der Waals surface area contributed by atoms with E-state index in [0.29, 0.717) is 5.92 Å².